The van der Waals surface area contributed by atoms with Gasteiger partial charge >= 0.3 is 0 Å². The lowest BCUT2D eigenvalue weighted by Crippen LogP contribution is -1.95. The first-order chi connectivity index (χ1) is 6.56. The first kappa shape index (κ1) is 11.5. The van der Waals surface area contributed by atoms with E-state index in [0.717, 1.165) is 0 Å². The lowest BCUT2D eigenvalue weighted by molar-refractivity contribution is -0.386. The molecule has 0 unspecified atom stereocenters. The minimum absolute atomic E-state index is 0.00783. The summed E-state index contributed by atoms with van der Waals surface area (Å²) in [7, 11) is 0. The fraction of sp³-hybridized carbons (Fsp3) is 0.250. The third kappa shape index (κ3) is 2.45. The fourth-order valence-corrected chi connectivity index (χ4v) is 2.40. The average Bonchev–Trinajstić information content (AvgIpc) is 2.01. The maximum absolute atomic E-state index is 10.6. The predicted molar refractivity (Wildman–Crippen MR) is 59.7 cm³/mol. The summed E-state index contributed by atoms with van der Waals surface area (Å²) >= 11 is 6.23. The monoisotopic (exact) mass is 323 g/mol. The molecule has 0 N–H and O–H groups in total. The van der Waals surface area contributed by atoms with Gasteiger partial charge in [0.2, 0.25) is 0 Å². The van der Waals surface area contributed by atoms with Gasteiger partial charge in [-0.05, 0) is 38.8 Å². The number of halogens is 2. The van der Waals surface area contributed by atoms with Crippen LogP contribution in [0.25, 0.3) is 0 Å². The van der Waals surface area contributed by atoms with Gasteiger partial charge in [-0.25, -0.2) is 0 Å². The van der Waals surface area contributed by atoms with E-state index in [-0.39, 0.29) is 5.69 Å². The Bertz CT molecular complexity index is 345. The molecule has 0 spiro atoms. The smallest absolute Gasteiger partial charge is 0.297 e. The number of hydrogen-bond donors (Lipinski definition) is 0. The molecule has 0 bridgehead atoms. The van der Waals surface area contributed by atoms with E-state index in [0.29, 0.717) is 21.3 Å². The van der Waals surface area contributed by atoms with Gasteiger partial charge in [0.05, 0.1) is 11.5 Å². The molecule has 0 saturated carbocycles. The highest BCUT2D eigenvalue weighted by Gasteiger charge is 2.18. The van der Waals surface area contributed by atoms with Gasteiger partial charge in [-0.2, -0.15) is 0 Å². The van der Waals surface area contributed by atoms with Crippen LogP contribution < -0.4 is 4.74 Å². The predicted octanol–water partition coefficient (Wildman–Crippen LogP) is 3.52. The van der Waals surface area contributed by atoms with Gasteiger partial charge < -0.3 is 4.74 Å². The van der Waals surface area contributed by atoms with Crippen LogP contribution in [-0.2, 0) is 0 Å². The highest BCUT2D eigenvalue weighted by molar-refractivity contribution is 9.11. The second-order valence-electron chi connectivity index (χ2n) is 2.43. The Labute approximate surface area is 97.7 Å². The molecule has 0 amide bonds. The standard InChI is InChI=1S/C8H7Br2NO3/c1-2-14-5-3-6(9)8(11(12)13)7(10)4-5/h3-4H,2H2,1H3. The van der Waals surface area contributed by atoms with E-state index < -0.39 is 4.92 Å². The van der Waals surface area contributed by atoms with Crippen LogP contribution in [0.15, 0.2) is 21.1 Å². The summed E-state index contributed by atoms with van der Waals surface area (Å²) in [6.07, 6.45) is 0. The Morgan fingerprint density at radius 2 is 1.93 bits per heavy atom. The summed E-state index contributed by atoms with van der Waals surface area (Å²) in [5.74, 6) is 0.594. The minimum atomic E-state index is -0.454. The molecule has 1 aromatic rings. The third-order valence-corrected chi connectivity index (χ3v) is 2.69. The Balaban J connectivity index is 3.18. The first-order valence-electron chi connectivity index (χ1n) is 3.82. The molecular weight excluding hydrogens is 318 g/mol. The van der Waals surface area contributed by atoms with Gasteiger partial charge in [-0.1, -0.05) is 0 Å². The van der Waals surface area contributed by atoms with Crippen LogP contribution in [0.1, 0.15) is 6.92 Å². The van der Waals surface area contributed by atoms with Crippen molar-refractivity contribution in [1.29, 1.82) is 0 Å². The molecule has 0 aliphatic rings. The number of hydrogen-bond acceptors (Lipinski definition) is 3. The molecule has 6 heteroatoms. The van der Waals surface area contributed by atoms with Crippen molar-refractivity contribution in [2.75, 3.05) is 6.61 Å². The highest BCUT2D eigenvalue weighted by atomic mass is 79.9. The number of benzene rings is 1. The van der Waals surface area contributed by atoms with E-state index in [1.54, 1.807) is 12.1 Å². The van der Waals surface area contributed by atoms with E-state index in [4.69, 9.17) is 4.74 Å². The Kier molecular flexibility index (Phi) is 3.88. The molecule has 0 aliphatic carbocycles. The summed E-state index contributed by atoms with van der Waals surface area (Å²) in [6.45, 7) is 2.37. The van der Waals surface area contributed by atoms with Crippen LogP contribution >= 0.6 is 31.9 Å². The van der Waals surface area contributed by atoms with Gasteiger partial charge in [0, 0.05) is 12.1 Å². The number of nitro groups is 1. The van der Waals surface area contributed by atoms with Gasteiger partial charge in [0.25, 0.3) is 5.69 Å². The highest BCUT2D eigenvalue weighted by Crippen LogP contribution is 2.36. The van der Waals surface area contributed by atoms with Crippen LogP contribution in [0.3, 0.4) is 0 Å². The Hall–Kier alpha value is -0.620. The van der Waals surface area contributed by atoms with Gasteiger partial charge in [-0.3, -0.25) is 10.1 Å². The summed E-state index contributed by atoms with van der Waals surface area (Å²) in [4.78, 5) is 10.2. The molecular formula is C8H7Br2NO3. The molecule has 4 nitrogen and oxygen atoms in total. The van der Waals surface area contributed by atoms with Gasteiger partial charge in [-0.15, -0.1) is 0 Å². The van der Waals surface area contributed by atoms with Gasteiger partial charge in [0.15, 0.2) is 0 Å². The van der Waals surface area contributed by atoms with Crippen LogP contribution in [0.2, 0.25) is 0 Å². The van der Waals surface area contributed by atoms with Crippen LogP contribution in [0.5, 0.6) is 5.75 Å². The van der Waals surface area contributed by atoms with Crippen LogP contribution in [0.4, 0.5) is 5.69 Å². The summed E-state index contributed by atoms with van der Waals surface area (Å²) in [6, 6.07) is 3.15. The van der Waals surface area contributed by atoms with Crippen molar-refractivity contribution < 1.29 is 9.66 Å². The number of rotatable bonds is 3. The molecule has 1 rings (SSSR count). The quantitative estimate of drug-likeness (QED) is 0.631. The number of nitro benzene ring substituents is 1. The van der Waals surface area contributed by atoms with E-state index in [9.17, 15) is 10.1 Å². The van der Waals surface area contributed by atoms with Crippen LogP contribution in [-0.4, -0.2) is 11.5 Å². The van der Waals surface area contributed by atoms with Crippen LogP contribution in [0, 0.1) is 10.1 Å². The zero-order chi connectivity index (χ0) is 10.7. The Morgan fingerprint density at radius 3 is 2.29 bits per heavy atom. The lowest BCUT2D eigenvalue weighted by atomic mass is 10.3. The SMILES string of the molecule is CCOc1cc(Br)c([N+](=O)[O-])c(Br)c1. The molecule has 0 radical (unpaired) electrons. The number of ether oxygens (including phenoxy) is 1. The Morgan fingerprint density at radius 1 is 1.43 bits per heavy atom. The summed E-state index contributed by atoms with van der Waals surface area (Å²) < 4.78 is 6.03. The molecule has 0 fully saturated rings. The maximum atomic E-state index is 10.6. The van der Waals surface area contributed by atoms with Crippen molar-refractivity contribution in [1.82, 2.24) is 0 Å². The van der Waals surface area contributed by atoms with Crippen molar-refractivity contribution in [3.05, 3.63) is 31.2 Å². The summed E-state index contributed by atoms with van der Waals surface area (Å²) in [5, 5.41) is 10.6. The molecule has 0 aliphatic heterocycles. The maximum Gasteiger partial charge on any atom is 0.297 e. The topological polar surface area (TPSA) is 52.4 Å². The van der Waals surface area contributed by atoms with Crippen molar-refractivity contribution in [2.24, 2.45) is 0 Å². The zero-order valence-corrected chi connectivity index (χ0v) is 10.5. The van der Waals surface area contributed by atoms with E-state index in [2.05, 4.69) is 31.9 Å². The molecule has 0 heterocycles. The normalized spacial score (nSPS) is 9.93. The molecule has 0 atom stereocenters. The van der Waals surface area contributed by atoms with Gasteiger partial charge in [0.1, 0.15) is 14.7 Å². The van der Waals surface area contributed by atoms with Crippen molar-refractivity contribution >= 4 is 37.5 Å². The lowest BCUT2D eigenvalue weighted by Gasteiger charge is -2.05. The zero-order valence-electron chi connectivity index (χ0n) is 7.29. The van der Waals surface area contributed by atoms with E-state index in [1.807, 2.05) is 6.92 Å². The minimum Gasteiger partial charge on any atom is -0.494 e. The van der Waals surface area contributed by atoms with E-state index in [1.165, 1.54) is 0 Å². The average molecular weight is 325 g/mol. The van der Waals surface area contributed by atoms with Crippen molar-refractivity contribution in [3.63, 3.8) is 0 Å². The third-order valence-electron chi connectivity index (χ3n) is 1.48. The second-order valence-corrected chi connectivity index (χ2v) is 4.13. The molecule has 76 valence electrons. The molecule has 14 heavy (non-hydrogen) atoms. The fourth-order valence-electron chi connectivity index (χ4n) is 0.967. The molecule has 0 aromatic heterocycles. The molecule has 1 aromatic carbocycles. The van der Waals surface area contributed by atoms with Crippen molar-refractivity contribution in [3.8, 4) is 5.75 Å². The van der Waals surface area contributed by atoms with Crippen molar-refractivity contribution in [2.45, 2.75) is 6.92 Å². The largest absolute Gasteiger partial charge is 0.494 e. The number of nitrogens with zero attached hydrogens (tertiary/aromatic N) is 1. The first-order valence-corrected chi connectivity index (χ1v) is 5.41. The molecule has 0 saturated heterocycles. The second kappa shape index (κ2) is 4.75. The summed E-state index contributed by atoms with van der Waals surface area (Å²) in [5.41, 5.74) is 0.00783. The van der Waals surface area contributed by atoms with E-state index >= 15 is 0 Å².